The van der Waals surface area contributed by atoms with Gasteiger partial charge in [0.2, 0.25) is 0 Å². The Kier molecular flexibility index (Phi) is 4.19. The fraction of sp³-hybridized carbons (Fsp3) is 0.600. The summed E-state index contributed by atoms with van der Waals surface area (Å²) in [5, 5.41) is 12.6. The molecule has 96 valence electrons. The van der Waals surface area contributed by atoms with Crippen LogP contribution in [0.3, 0.4) is 0 Å². The molecule has 1 aromatic rings. The van der Waals surface area contributed by atoms with Crippen LogP contribution >= 0.6 is 0 Å². The summed E-state index contributed by atoms with van der Waals surface area (Å²) in [5.41, 5.74) is 1.61. The van der Waals surface area contributed by atoms with Crippen LogP contribution in [0.15, 0.2) is 12.1 Å². The van der Waals surface area contributed by atoms with E-state index in [1.807, 2.05) is 19.1 Å². The van der Waals surface area contributed by atoms with Crippen molar-refractivity contribution in [1.29, 1.82) is 5.26 Å². The summed E-state index contributed by atoms with van der Waals surface area (Å²) in [6, 6.07) is 6.44. The second kappa shape index (κ2) is 5.86. The van der Waals surface area contributed by atoms with Crippen molar-refractivity contribution >= 4 is 5.82 Å². The van der Waals surface area contributed by atoms with Crippen LogP contribution in [-0.2, 0) is 0 Å². The number of pyridine rings is 1. The van der Waals surface area contributed by atoms with Crippen molar-refractivity contribution < 1.29 is 0 Å². The highest BCUT2D eigenvalue weighted by Crippen LogP contribution is 2.29. The lowest BCUT2D eigenvalue weighted by Gasteiger charge is -2.32. The molecule has 0 aromatic carbocycles. The lowest BCUT2D eigenvalue weighted by atomic mass is 9.83. The predicted molar refractivity (Wildman–Crippen MR) is 73.3 cm³/mol. The van der Waals surface area contributed by atoms with Crippen LogP contribution in [0, 0.1) is 24.2 Å². The van der Waals surface area contributed by atoms with Crippen molar-refractivity contribution in [2.75, 3.05) is 5.32 Å². The van der Waals surface area contributed by atoms with Gasteiger partial charge in [0.25, 0.3) is 0 Å². The molecule has 0 amide bonds. The second-order valence-corrected chi connectivity index (χ2v) is 5.16. The molecule has 0 radical (unpaired) electrons. The molecule has 2 atom stereocenters. The lowest BCUT2D eigenvalue weighted by molar-refractivity contribution is 0.317. The lowest BCUT2D eigenvalue weighted by Crippen LogP contribution is -2.32. The van der Waals surface area contributed by atoms with Crippen LogP contribution in [-0.4, -0.2) is 11.0 Å². The molecule has 0 spiro atoms. The first kappa shape index (κ1) is 12.9. The first-order valence-electron chi connectivity index (χ1n) is 6.89. The van der Waals surface area contributed by atoms with E-state index in [0.29, 0.717) is 17.5 Å². The number of nitrogens with one attached hydrogen (secondary N) is 1. The Morgan fingerprint density at radius 1 is 1.39 bits per heavy atom. The Hall–Kier alpha value is -1.56. The zero-order valence-electron chi connectivity index (χ0n) is 11.2. The fourth-order valence-electron chi connectivity index (χ4n) is 2.82. The average Bonchev–Trinajstić information content (AvgIpc) is 2.40. The van der Waals surface area contributed by atoms with Gasteiger partial charge in [-0.3, -0.25) is 0 Å². The van der Waals surface area contributed by atoms with Crippen molar-refractivity contribution in [2.45, 2.75) is 52.0 Å². The van der Waals surface area contributed by atoms with Crippen molar-refractivity contribution in [1.82, 2.24) is 4.98 Å². The maximum Gasteiger partial charge on any atom is 0.144 e. The quantitative estimate of drug-likeness (QED) is 0.881. The zero-order valence-corrected chi connectivity index (χ0v) is 11.2. The minimum atomic E-state index is 0.477. The van der Waals surface area contributed by atoms with E-state index in [1.54, 1.807) is 0 Å². The highest BCUT2D eigenvalue weighted by atomic mass is 15.0. The molecule has 0 aliphatic heterocycles. The summed E-state index contributed by atoms with van der Waals surface area (Å²) in [5.74, 6) is 1.48. The van der Waals surface area contributed by atoms with E-state index < -0.39 is 0 Å². The van der Waals surface area contributed by atoms with Crippen LogP contribution in [0.2, 0.25) is 0 Å². The number of hydrogen-bond acceptors (Lipinski definition) is 3. The van der Waals surface area contributed by atoms with Crippen LogP contribution in [0.5, 0.6) is 0 Å². The highest BCUT2D eigenvalue weighted by Gasteiger charge is 2.24. The largest absolute Gasteiger partial charge is 0.366 e. The Labute approximate surface area is 109 Å². The number of anilines is 1. The molecule has 1 aromatic heterocycles. The maximum absolute atomic E-state index is 9.13. The SMILES string of the molecule is CCC1CCCCC1Nc1nc(C)ccc1C#N. The molecule has 1 N–H and O–H groups in total. The number of hydrogen-bond donors (Lipinski definition) is 1. The molecular formula is C15H21N3. The summed E-state index contributed by atoms with van der Waals surface area (Å²) in [6.45, 7) is 4.21. The summed E-state index contributed by atoms with van der Waals surface area (Å²) >= 11 is 0. The molecule has 1 saturated carbocycles. The first-order valence-corrected chi connectivity index (χ1v) is 6.89. The maximum atomic E-state index is 9.13. The van der Waals surface area contributed by atoms with Gasteiger partial charge in [-0.2, -0.15) is 5.26 Å². The third kappa shape index (κ3) is 2.81. The second-order valence-electron chi connectivity index (χ2n) is 5.16. The number of nitriles is 1. The molecule has 1 aliphatic rings. The van der Waals surface area contributed by atoms with Gasteiger partial charge in [0.1, 0.15) is 11.9 Å². The smallest absolute Gasteiger partial charge is 0.144 e. The Bertz CT molecular complexity index is 448. The van der Waals surface area contributed by atoms with Crippen LogP contribution in [0.1, 0.15) is 50.3 Å². The molecule has 2 rings (SSSR count). The van der Waals surface area contributed by atoms with Gasteiger partial charge >= 0.3 is 0 Å². The summed E-state index contributed by atoms with van der Waals surface area (Å²) in [4.78, 5) is 4.47. The molecular weight excluding hydrogens is 222 g/mol. The Morgan fingerprint density at radius 3 is 2.89 bits per heavy atom. The number of aryl methyl sites for hydroxylation is 1. The molecule has 1 aliphatic carbocycles. The van der Waals surface area contributed by atoms with Crippen molar-refractivity contribution in [3.05, 3.63) is 23.4 Å². The molecule has 0 bridgehead atoms. The van der Waals surface area contributed by atoms with E-state index in [4.69, 9.17) is 5.26 Å². The average molecular weight is 243 g/mol. The van der Waals surface area contributed by atoms with E-state index in [0.717, 1.165) is 11.5 Å². The number of nitrogens with zero attached hydrogens (tertiary/aromatic N) is 2. The van der Waals surface area contributed by atoms with Crippen molar-refractivity contribution in [3.8, 4) is 6.07 Å². The van der Waals surface area contributed by atoms with E-state index in [-0.39, 0.29) is 0 Å². The van der Waals surface area contributed by atoms with Crippen molar-refractivity contribution in [3.63, 3.8) is 0 Å². The minimum Gasteiger partial charge on any atom is -0.366 e. The Balaban J connectivity index is 2.17. The van der Waals surface area contributed by atoms with E-state index in [9.17, 15) is 0 Å². The monoisotopic (exact) mass is 243 g/mol. The summed E-state index contributed by atoms with van der Waals surface area (Å²) in [6.07, 6.45) is 6.30. The highest BCUT2D eigenvalue weighted by molar-refractivity contribution is 5.52. The van der Waals surface area contributed by atoms with E-state index in [1.165, 1.54) is 32.1 Å². The molecule has 18 heavy (non-hydrogen) atoms. The number of aromatic nitrogens is 1. The minimum absolute atomic E-state index is 0.477. The normalized spacial score (nSPS) is 23.4. The topological polar surface area (TPSA) is 48.7 Å². The first-order chi connectivity index (χ1) is 8.74. The third-order valence-corrected chi connectivity index (χ3v) is 3.91. The molecule has 3 nitrogen and oxygen atoms in total. The molecule has 2 unspecified atom stereocenters. The fourth-order valence-corrected chi connectivity index (χ4v) is 2.82. The van der Waals surface area contributed by atoms with E-state index >= 15 is 0 Å². The van der Waals surface area contributed by atoms with Crippen LogP contribution in [0.25, 0.3) is 0 Å². The number of rotatable bonds is 3. The molecule has 0 saturated heterocycles. The van der Waals surface area contributed by atoms with Crippen LogP contribution < -0.4 is 5.32 Å². The van der Waals surface area contributed by atoms with Gasteiger partial charge in [0.15, 0.2) is 0 Å². The van der Waals surface area contributed by atoms with Gasteiger partial charge in [-0.05, 0) is 37.8 Å². The molecule has 1 fully saturated rings. The van der Waals surface area contributed by atoms with Gasteiger partial charge < -0.3 is 5.32 Å². The van der Waals surface area contributed by atoms with Gasteiger partial charge in [0.05, 0.1) is 5.56 Å². The van der Waals surface area contributed by atoms with Gasteiger partial charge in [-0.15, -0.1) is 0 Å². The van der Waals surface area contributed by atoms with Gasteiger partial charge in [-0.1, -0.05) is 26.2 Å². The predicted octanol–water partition coefficient (Wildman–Crippen LogP) is 3.64. The van der Waals surface area contributed by atoms with Gasteiger partial charge in [0, 0.05) is 11.7 Å². The molecule has 1 heterocycles. The van der Waals surface area contributed by atoms with Gasteiger partial charge in [-0.25, -0.2) is 4.98 Å². The summed E-state index contributed by atoms with van der Waals surface area (Å²) < 4.78 is 0. The van der Waals surface area contributed by atoms with E-state index in [2.05, 4.69) is 23.3 Å². The summed E-state index contributed by atoms with van der Waals surface area (Å²) in [7, 11) is 0. The molecule has 3 heteroatoms. The Morgan fingerprint density at radius 2 is 2.17 bits per heavy atom. The van der Waals surface area contributed by atoms with Crippen LogP contribution in [0.4, 0.5) is 5.82 Å². The van der Waals surface area contributed by atoms with Crippen molar-refractivity contribution in [2.24, 2.45) is 5.92 Å². The third-order valence-electron chi connectivity index (χ3n) is 3.91. The standard InChI is InChI=1S/C15H21N3/c1-3-12-6-4-5-7-14(12)18-15-13(10-16)9-8-11(2)17-15/h8-9,12,14H,3-7H2,1-2H3,(H,17,18). The zero-order chi connectivity index (χ0) is 13.0.